The van der Waals surface area contributed by atoms with Crippen molar-refractivity contribution in [2.45, 2.75) is 40.3 Å². The molecule has 1 atom stereocenters. The highest BCUT2D eigenvalue weighted by atomic mass is 35.5. The summed E-state index contributed by atoms with van der Waals surface area (Å²) in [5.74, 6) is -0.928. The van der Waals surface area contributed by atoms with Crippen LogP contribution >= 0.6 is 23.2 Å². The molecule has 0 saturated carbocycles. The van der Waals surface area contributed by atoms with E-state index in [0.29, 0.717) is 27.8 Å². The van der Waals surface area contributed by atoms with Crippen molar-refractivity contribution >= 4 is 50.7 Å². The highest BCUT2D eigenvalue weighted by Gasteiger charge is 2.31. The fourth-order valence-corrected chi connectivity index (χ4v) is 4.78. The molecule has 2 rings (SSSR count). The lowest BCUT2D eigenvalue weighted by atomic mass is 10.1. The molecule has 0 aromatic heterocycles. The maximum atomic E-state index is 13.5. The number of sulfonamides is 1. The lowest BCUT2D eigenvalue weighted by Gasteiger charge is -2.32. The van der Waals surface area contributed by atoms with Crippen LogP contribution in [0.5, 0.6) is 0 Å². The second-order valence-corrected chi connectivity index (χ2v) is 10.5. The number of hydrogen-bond acceptors (Lipinski definition) is 4. The van der Waals surface area contributed by atoms with Gasteiger partial charge in [0.05, 0.1) is 11.9 Å². The Balaban J connectivity index is 2.49. The van der Waals surface area contributed by atoms with Gasteiger partial charge < -0.3 is 10.2 Å². The zero-order valence-electron chi connectivity index (χ0n) is 19.4. The average Bonchev–Trinajstić information content (AvgIpc) is 2.73. The summed E-state index contributed by atoms with van der Waals surface area (Å²) < 4.78 is 26.4. The number of rotatable bonds is 9. The summed E-state index contributed by atoms with van der Waals surface area (Å²) >= 11 is 12.6. The number of amides is 2. The minimum atomic E-state index is -3.80. The molecular formula is C23H29Cl2N3O4S. The van der Waals surface area contributed by atoms with Gasteiger partial charge in [-0.1, -0.05) is 41.4 Å². The Labute approximate surface area is 205 Å². The van der Waals surface area contributed by atoms with Gasteiger partial charge in [-0.15, -0.1) is 0 Å². The van der Waals surface area contributed by atoms with Crippen molar-refractivity contribution in [1.29, 1.82) is 0 Å². The summed E-state index contributed by atoms with van der Waals surface area (Å²) in [7, 11) is -3.80. The molecule has 180 valence electrons. The smallest absolute Gasteiger partial charge is 0.244 e. The number of nitrogens with one attached hydrogen (secondary N) is 1. The van der Waals surface area contributed by atoms with Gasteiger partial charge in [-0.05, 0) is 57.0 Å². The van der Waals surface area contributed by atoms with E-state index < -0.39 is 28.5 Å². The predicted molar refractivity (Wildman–Crippen MR) is 133 cm³/mol. The molecule has 0 aliphatic carbocycles. The third-order valence-electron chi connectivity index (χ3n) is 5.43. The zero-order valence-corrected chi connectivity index (χ0v) is 21.7. The van der Waals surface area contributed by atoms with Gasteiger partial charge in [-0.25, -0.2) is 8.42 Å². The van der Waals surface area contributed by atoms with Crippen LogP contribution in [0, 0.1) is 13.8 Å². The van der Waals surface area contributed by atoms with E-state index in [9.17, 15) is 18.0 Å². The molecule has 0 heterocycles. The van der Waals surface area contributed by atoms with E-state index in [1.165, 1.54) is 4.90 Å². The van der Waals surface area contributed by atoms with Gasteiger partial charge in [-0.3, -0.25) is 13.9 Å². The van der Waals surface area contributed by atoms with Crippen molar-refractivity contribution in [3.63, 3.8) is 0 Å². The van der Waals surface area contributed by atoms with Crippen LogP contribution in [0.3, 0.4) is 0 Å². The summed E-state index contributed by atoms with van der Waals surface area (Å²) in [6, 6.07) is 9.33. The van der Waals surface area contributed by atoms with Crippen molar-refractivity contribution in [2.24, 2.45) is 0 Å². The Bertz CT molecular complexity index is 1120. The SMILES string of the molecule is CCNC(=O)C(C)N(Cc1c(Cl)cccc1Cl)C(=O)CN(c1cccc(C)c1C)S(C)(=O)=O. The molecule has 33 heavy (non-hydrogen) atoms. The van der Waals surface area contributed by atoms with E-state index in [2.05, 4.69) is 5.32 Å². The van der Waals surface area contributed by atoms with Crippen LogP contribution in [0.1, 0.15) is 30.5 Å². The quantitative estimate of drug-likeness (QED) is 0.550. The fraction of sp³-hybridized carbons (Fsp3) is 0.391. The number of hydrogen-bond donors (Lipinski definition) is 1. The van der Waals surface area contributed by atoms with Crippen molar-refractivity contribution in [2.75, 3.05) is 23.7 Å². The molecule has 2 aromatic carbocycles. The first-order valence-electron chi connectivity index (χ1n) is 10.4. The molecule has 10 heteroatoms. The van der Waals surface area contributed by atoms with Crippen LogP contribution in [-0.4, -0.2) is 50.5 Å². The Morgan fingerprint density at radius 1 is 1.06 bits per heavy atom. The number of halogens is 2. The van der Waals surface area contributed by atoms with Gasteiger partial charge in [0.1, 0.15) is 12.6 Å². The topological polar surface area (TPSA) is 86.8 Å². The Morgan fingerprint density at radius 2 is 1.64 bits per heavy atom. The highest BCUT2D eigenvalue weighted by Crippen LogP contribution is 2.28. The van der Waals surface area contributed by atoms with Crippen molar-refractivity contribution in [3.05, 3.63) is 63.1 Å². The number of carbonyl (C=O) groups excluding carboxylic acids is 2. The van der Waals surface area contributed by atoms with Gasteiger partial charge >= 0.3 is 0 Å². The van der Waals surface area contributed by atoms with Crippen molar-refractivity contribution < 1.29 is 18.0 Å². The van der Waals surface area contributed by atoms with Gasteiger partial charge in [0.2, 0.25) is 21.8 Å². The first-order valence-corrected chi connectivity index (χ1v) is 13.0. The van der Waals surface area contributed by atoms with Crippen LogP contribution in [0.15, 0.2) is 36.4 Å². The molecule has 2 aromatic rings. The number of likely N-dealkylation sites (N-methyl/N-ethyl adjacent to an activating group) is 1. The first-order chi connectivity index (χ1) is 15.4. The maximum absolute atomic E-state index is 13.5. The molecule has 2 amide bonds. The van der Waals surface area contributed by atoms with E-state index in [4.69, 9.17) is 23.2 Å². The molecule has 0 bridgehead atoms. The molecule has 0 fully saturated rings. The predicted octanol–water partition coefficient (Wildman–Crippen LogP) is 3.93. The molecule has 0 saturated heterocycles. The maximum Gasteiger partial charge on any atom is 0.244 e. The second kappa shape index (κ2) is 11.2. The Morgan fingerprint density at radius 3 is 2.18 bits per heavy atom. The second-order valence-electron chi connectivity index (χ2n) is 7.78. The largest absolute Gasteiger partial charge is 0.355 e. The van der Waals surface area contributed by atoms with Crippen molar-refractivity contribution in [3.8, 4) is 0 Å². The lowest BCUT2D eigenvalue weighted by molar-refractivity contribution is -0.139. The van der Waals surface area contributed by atoms with Crippen LogP contribution in [0.2, 0.25) is 10.0 Å². The van der Waals surface area contributed by atoms with Gasteiger partial charge in [-0.2, -0.15) is 0 Å². The van der Waals surface area contributed by atoms with Crippen LogP contribution in [0.4, 0.5) is 5.69 Å². The average molecular weight is 514 g/mol. The third-order valence-corrected chi connectivity index (χ3v) is 7.27. The zero-order chi connectivity index (χ0) is 24.9. The summed E-state index contributed by atoms with van der Waals surface area (Å²) in [6.07, 6.45) is 1.05. The van der Waals surface area contributed by atoms with Crippen LogP contribution in [0.25, 0.3) is 0 Å². The fourth-order valence-electron chi connectivity index (χ4n) is 3.36. The number of benzene rings is 2. The van der Waals surface area contributed by atoms with Crippen molar-refractivity contribution in [1.82, 2.24) is 10.2 Å². The van der Waals surface area contributed by atoms with E-state index in [-0.39, 0.29) is 12.5 Å². The molecule has 0 aliphatic heterocycles. The lowest BCUT2D eigenvalue weighted by Crippen LogP contribution is -2.51. The summed E-state index contributed by atoms with van der Waals surface area (Å²) in [4.78, 5) is 27.4. The minimum absolute atomic E-state index is 0.0555. The van der Waals surface area contributed by atoms with Crippen LogP contribution in [-0.2, 0) is 26.2 Å². The van der Waals surface area contributed by atoms with Crippen LogP contribution < -0.4 is 9.62 Å². The Kier molecular flexibility index (Phi) is 9.17. The number of anilines is 1. The monoisotopic (exact) mass is 513 g/mol. The molecule has 1 N–H and O–H groups in total. The molecule has 7 nitrogen and oxygen atoms in total. The number of aryl methyl sites for hydroxylation is 1. The number of nitrogens with zero attached hydrogens (tertiary/aromatic N) is 2. The first kappa shape index (κ1) is 27.0. The van der Waals surface area contributed by atoms with E-state index in [1.54, 1.807) is 51.1 Å². The molecule has 0 spiro atoms. The minimum Gasteiger partial charge on any atom is -0.355 e. The van der Waals surface area contributed by atoms with E-state index >= 15 is 0 Å². The molecule has 1 unspecified atom stereocenters. The third kappa shape index (κ3) is 6.62. The van der Waals surface area contributed by atoms with Gasteiger partial charge in [0.25, 0.3) is 0 Å². The summed E-state index contributed by atoms with van der Waals surface area (Å²) in [5.41, 5.74) is 2.52. The molecular weight excluding hydrogens is 485 g/mol. The number of carbonyl (C=O) groups is 2. The summed E-state index contributed by atoms with van der Waals surface area (Å²) in [5, 5.41) is 3.39. The van der Waals surface area contributed by atoms with Gasteiger partial charge in [0, 0.05) is 28.7 Å². The van der Waals surface area contributed by atoms with E-state index in [1.807, 2.05) is 13.0 Å². The Hall–Kier alpha value is -2.29. The standard InChI is InChI=1S/C23H29Cl2N3O4S/c1-6-26-23(30)17(4)27(13-18-19(24)10-8-11-20(18)25)22(29)14-28(33(5,31)32)21-12-7-9-15(2)16(21)3/h7-12,17H,6,13-14H2,1-5H3,(H,26,30). The molecule has 0 radical (unpaired) electrons. The highest BCUT2D eigenvalue weighted by molar-refractivity contribution is 7.92. The molecule has 0 aliphatic rings. The van der Waals surface area contributed by atoms with E-state index in [0.717, 1.165) is 21.7 Å². The van der Waals surface area contributed by atoms with Gasteiger partial charge in [0.15, 0.2) is 0 Å². The summed E-state index contributed by atoms with van der Waals surface area (Å²) in [6.45, 7) is 6.87. The normalized spacial score (nSPS) is 12.2.